The van der Waals surface area contributed by atoms with Crippen LogP contribution in [0.5, 0.6) is 5.88 Å². The van der Waals surface area contributed by atoms with Gasteiger partial charge in [0.2, 0.25) is 23.6 Å². The molecule has 21 heteroatoms. The van der Waals surface area contributed by atoms with Gasteiger partial charge in [-0.05, 0) is 112 Å². The first kappa shape index (κ1) is 53.6. The lowest BCUT2D eigenvalue weighted by Gasteiger charge is -2.25. The highest BCUT2D eigenvalue weighted by Gasteiger charge is 2.30. The van der Waals surface area contributed by atoms with Crippen LogP contribution in [0.25, 0.3) is 33.5 Å². The van der Waals surface area contributed by atoms with Crippen molar-refractivity contribution in [3.05, 3.63) is 96.0 Å². The van der Waals surface area contributed by atoms with Crippen LogP contribution in [0, 0.1) is 12.8 Å². The number of nitrogens with two attached hydrogens (primary N) is 1. The molecule has 21 nitrogen and oxygen atoms in total. The lowest BCUT2D eigenvalue weighted by molar-refractivity contribution is -0.137. The number of primary amides is 1. The van der Waals surface area contributed by atoms with Crippen molar-refractivity contribution in [3.63, 3.8) is 0 Å². The number of nitrogens with zero attached hydrogens (tertiary/aromatic N) is 6. The Kier molecular flexibility index (Phi) is 18.8. The van der Waals surface area contributed by atoms with Gasteiger partial charge in [0.05, 0.1) is 29.5 Å². The van der Waals surface area contributed by atoms with Gasteiger partial charge in [0, 0.05) is 67.4 Å². The van der Waals surface area contributed by atoms with E-state index in [1.165, 1.54) is 17.8 Å². The molecule has 8 amide bonds. The topological polar surface area (TPSA) is 284 Å². The van der Waals surface area contributed by atoms with Crippen molar-refractivity contribution in [2.75, 3.05) is 31.6 Å². The van der Waals surface area contributed by atoms with E-state index in [4.69, 9.17) is 30.3 Å². The molecule has 5 aromatic rings. The third-order valence-electron chi connectivity index (χ3n) is 12.5. The number of hydrogen-bond acceptors (Lipinski definition) is 13. The highest BCUT2D eigenvalue weighted by atomic mass is 16.5. The summed E-state index contributed by atoms with van der Waals surface area (Å²) in [7, 11) is 0. The maximum Gasteiger partial charge on any atom is 0.407 e. The molecule has 2 atom stereocenters. The van der Waals surface area contributed by atoms with E-state index < -0.39 is 36.0 Å². The number of hydrogen-bond donors (Lipinski definition) is 6. The van der Waals surface area contributed by atoms with Gasteiger partial charge < -0.3 is 41.8 Å². The first-order valence-electron chi connectivity index (χ1n) is 25.1. The van der Waals surface area contributed by atoms with Gasteiger partial charge in [-0.3, -0.25) is 38.5 Å². The minimum Gasteiger partial charge on any atom is -0.477 e. The van der Waals surface area contributed by atoms with Crippen molar-refractivity contribution in [1.29, 1.82) is 0 Å². The van der Waals surface area contributed by atoms with Crippen LogP contribution in [0.1, 0.15) is 88.6 Å². The quantitative estimate of drug-likeness (QED) is 0.0300. The normalized spacial score (nSPS) is 13.6. The van der Waals surface area contributed by atoms with Crippen molar-refractivity contribution in [1.82, 2.24) is 50.9 Å². The number of unbranched alkanes of at least 4 members (excludes halogenated alkanes) is 3. The van der Waals surface area contributed by atoms with Crippen LogP contribution in [0.3, 0.4) is 0 Å². The lowest BCUT2D eigenvalue weighted by Crippen LogP contribution is -2.54. The molecule has 0 bridgehead atoms. The molecule has 0 unspecified atom stereocenters. The third-order valence-corrected chi connectivity index (χ3v) is 12.5. The first-order chi connectivity index (χ1) is 35.7. The van der Waals surface area contributed by atoms with Gasteiger partial charge >= 0.3 is 12.1 Å². The number of urea groups is 1. The van der Waals surface area contributed by atoms with E-state index in [-0.39, 0.29) is 56.2 Å². The molecule has 0 spiro atoms. The van der Waals surface area contributed by atoms with Gasteiger partial charge in [0.1, 0.15) is 24.4 Å². The number of aryl methyl sites for hydroxylation is 2. The zero-order valence-electron chi connectivity index (χ0n) is 42.0. The number of imide groups is 1. The van der Waals surface area contributed by atoms with Crippen molar-refractivity contribution < 1.29 is 43.0 Å². The fraction of sp³-hybridized carbons (Fsp3) is 0.415. The minimum atomic E-state index is -1.04. The van der Waals surface area contributed by atoms with Crippen molar-refractivity contribution >= 4 is 58.4 Å². The molecule has 390 valence electrons. The summed E-state index contributed by atoms with van der Waals surface area (Å²) >= 11 is 0. The van der Waals surface area contributed by atoms with E-state index in [1.54, 1.807) is 44.3 Å². The van der Waals surface area contributed by atoms with Gasteiger partial charge in [0.15, 0.2) is 0 Å². The fourth-order valence-corrected chi connectivity index (χ4v) is 8.63. The molecule has 0 saturated heterocycles. The van der Waals surface area contributed by atoms with E-state index in [9.17, 15) is 33.6 Å². The second-order valence-corrected chi connectivity index (χ2v) is 18.6. The molecule has 0 saturated carbocycles. The second kappa shape index (κ2) is 25.9. The number of benzene rings is 2. The molecule has 0 fully saturated rings. The maximum absolute atomic E-state index is 13.6. The summed E-state index contributed by atoms with van der Waals surface area (Å²) in [5.74, 6) is -2.06. The molecule has 0 aliphatic carbocycles. The van der Waals surface area contributed by atoms with E-state index in [1.807, 2.05) is 37.3 Å². The Morgan fingerprint density at radius 1 is 0.824 bits per heavy atom. The van der Waals surface area contributed by atoms with Crippen LogP contribution < -0.4 is 37.1 Å². The molecule has 2 aliphatic rings. The SMILES string of the molecule is Cc1cccc(-c2nn3c(c2-c2ccc4ncc(OCCCCNC(=O)OCc5ccc(NC(=O)[C@H](CCCNC(N)=O)NC(=O)[C@@H](NC(=O)CCCCCN6C(=O)C=CC6=O)C(C)C)cc5)nc4c2)CCC3)n1. The molecule has 7 N–H and O–H groups in total. The van der Waals surface area contributed by atoms with Crippen LogP contribution in [-0.4, -0.2) is 110 Å². The molecular weight excluding hydrogens is 949 g/mol. The van der Waals surface area contributed by atoms with Crippen molar-refractivity contribution in [2.24, 2.45) is 11.7 Å². The number of fused-ring (bicyclic) bond motifs is 2. The summed E-state index contributed by atoms with van der Waals surface area (Å²) in [6.45, 7) is 7.53. The van der Waals surface area contributed by atoms with Crippen LogP contribution in [0.15, 0.2) is 79.0 Å². The summed E-state index contributed by atoms with van der Waals surface area (Å²) in [5, 5.41) is 18.5. The second-order valence-electron chi connectivity index (χ2n) is 18.6. The third kappa shape index (κ3) is 14.9. The number of rotatable bonds is 26. The van der Waals surface area contributed by atoms with Gasteiger partial charge in [-0.1, -0.05) is 44.5 Å². The average molecular weight is 1010 g/mol. The molecule has 2 aliphatic heterocycles. The van der Waals surface area contributed by atoms with E-state index in [0.717, 1.165) is 58.0 Å². The van der Waals surface area contributed by atoms with E-state index in [0.29, 0.717) is 74.3 Å². The first-order valence-corrected chi connectivity index (χ1v) is 25.1. The Balaban J connectivity index is 0.821. The van der Waals surface area contributed by atoms with Crippen molar-refractivity contribution in [3.8, 4) is 28.4 Å². The Hall–Kier alpha value is -8.23. The zero-order chi connectivity index (χ0) is 52.6. The highest BCUT2D eigenvalue weighted by Crippen LogP contribution is 2.38. The predicted octanol–water partition coefficient (Wildman–Crippen LogP) is 5.39. The Labute approximate surface area is 428 Å². The number of nitrogens with one attached hydrogen (secondary N) is 5. The monoisotopic (exact) mass is 1010 g/mol. The van der Waals surface area contributed by atoms with E-state index in [2.05, 4.69) is 42.3 Å². The molecule has 5 heterocycles. The van der Waals surface area contributed by atoms with Crippen LogP contribution >= 0.6 is 0 Å². The molecular formula is C53H64N12O9. The Morgan fingerprint density at radius 2 is 1.61 bits per heavy atom. The van der Waals surface area contributed by atoms with Crippen molar-refractivity contribution in [2.45, 2.75) is 110 Å². The molecule has 74 heavy (non-hydrogen) atoms. The lowest BCUT2D eigenvalue weighted by atomic mass is 9.99. The highest BCUT2D eigenvalue weighted by molar-refractivity contribution is 6.12. The summed E-state index contributed by atoms with van der Waals surface area (Å²) in [6, 6.07) is 16.0. The summed E-state index contributed by atoms with van der Waals surface area (Å²) in [4.78, 5) is 103. The van der Waals surface area contributed by atoms with Crippen LogP contribution in [0.2, 0.25) is 0 Å². The van der Waals surface area contributed by atoms with Gasteiger partial charge in [0.25, 0.3) is 11.8 Å². The number of ether oxygens (including phenoxy) is 2. The van der Waals surface area contributed by atoms with Crippen LogP contribution in [0.4, 0.5) is 15.3 Å². The standard InChI is InChI=1S/C53H64N12O9/c1-33(2)48(62-43(66)16-5-4-7-27-64-45(67)23-24-46(64)68)51(70)61-40(14-10-26-55-52(54)71)50(69)59-37-20-17-35(18-21-37)32-74-53(72)56-25-6-8-29-73-44-31-57-38-22-19-36(30-41(38)60-44)47-42-15-11-28-65(42)63-49(47)39-13-9-12-34(3)58-39/h9,12-13,17-24,30-31,33,40,48H,4-8,10-11,14-16,25-29,32H2,1-3H3,(H,56,72)(H,59,69)(H,61,70)(H,62,66)(H3,54,55,71)/t40-,48-/m0/s1. The number of carbonyl (C=O) groups is 7. The van der Waals surface area contributed by atoms with E-state index >= 15 is 0 Å². The fourth-order valence-electron chi connectivity index (χ4n) is 8.63. The largest absolute Gasteiger partial charge is 0.477 e. The number of aromatic nitrogens is 5. The number of anilines is 1. The molecule has 0 radical (unpaired) electrons. The number of carbonyl (C=O) groups excluding carboxylic acids is 7. The minimum absolute atomic E-state index is 0.0223. The number of alkyl carbamates (subject to hydrolysis) is 1. The molecule has 3 aromatic heterocycles. The van der Waals surface area contributed by atoms with Crippen LogP contribution in [-0.2, 0) is 48.3 Å². The Morgan fingerprint density at radius 3 is 2.36 bits per heavy atom. The zero-order valence-corrected chi connectivity index (χ0v) is 42.0. The summed E-state index contributed by atoms with van der Waals surface area (Å²) in [6.07, 6.45) is 8.91. The Bertz CT molecular complexity index is 2850. The van der Waals surface area contributed by atoms with Gasteiger partial charge in [-0.2, -0.15) is 5.10 Å². The maximum atomic E-state index is 13.6. The molecule has 2 aromatic carbocycles. The number of pyridine rings is 1. The summed E-state index contributed by atoms with van der Waals surface area (Å²) in [5.41, 5.74) is 13.6. The summed E-state index contributed by atoms with van der Waals surface area (Å²) < 4.78 is 13.4. The molecule has 7 rings (SSSR count). The van der Waals surface area contributed by atoms with Gasteiger partial charge in [-0.15, -0.1) is 0 Å². The smallest absolute Gasteiger partial charge is 0.407 e. The average Bonchev–Trinajstić information content (AvgIpc) is 4.08. The van der Waals surface area contributed by atoms with Gasteiger partial charge in [-0.25, -0.2) is 19.6 Å². The number of amides is 8. The predicted molar refractivity (Wildman–Crippen MR) is 275 cm³/mol.